The van der Waals surface area contributed by atoms with Crippen molar-refractivity contribution in [2.75, 3.05) is 0 Å². The van der Waals surface area contributed by atoms with Crippen molar-refractivity contribution in [3.63, 3.8) is 0 Å². The fourth-order valence-corrected chi connectivity index (χ4v) is 2.25. The van der Waals surface area contributed by atoms with E-state index in [1.54, 1.807) is 24.3 Å². The molecule has 2 nitrogen and oxygen atoms in total. The lowest BCUT2D eigenvalue weighted by atomic mass is 10.0. The number of nitrogens with two attached hydrogens (primary N) is 1. The molecule has 2 aromatic carbocycles. The Labute approximate surface area is 136 Å². The topological polar surface area (TPSA) is 35.2 Å². The first-order chi connectivity index (χ1) is 9.99. The summed E-state index contributed by atoms with van der Waals surface area (Å²) in [5.74, 6) is -1.42. The van der Waals surface area contributed by atoms with E-state index in [9.17, 15) is 8.78 Å². The van der Waals surface area contributed by atoms with Gasteiger partial charge >= 0.3 is 0 Å². The zero-order valence-electron chi connectivity index (χ0n) is 11.6. The molecule has 0 radical (unpaired) electrons. The Morgan fingerprint density at radius 2 is 1.71 bits per heavy atom. The van der Waals surface area contributed by atoms with Crippen LogP contribution in [0.3, 0.4) is 0 Å². The molecule has 1 unspecified atom stereocenters. The van der Waals surface area contributed by atoms with Crippen LogP contribution in [0, 0.1) is 15.2 Å². The van der Waals surface area contributed by atoms with Crippen molar-refractivity contribution in [2.45, 2.75) is 25.8 Å². The Bertz CT molecular complexity index is 593. The van der Waals surface area contributed by atoms with E-state index in [0.717, 1.165) is 9.99 Å². The normalized spacial score (nSPS) is 12.2. The first kappa shape index (κ1) is 16.2. The average molecular weight is 403 g/mol. The molecule has 2 rings (SSSR count). The molecule has 0 amide bonds. The van der Waals surface area contributed by atoms with Crippen LogP contribution in [-0.2, 0) is 6.42 Å². The number of hydrogen-bond acceptors (Lipinski definition) is 2. The van der Waals surface area contributed by atoms with E-state index in [0.29, 0.717) is 17.7 Å². The van der Waals surface area contributed by atoms with Gasteiger partial charge in [-0.3, -0.25) is 0 Å². The van der Waals surface area contributed by atoms with E-state index in [2.05, 4.69) is 22.6 Å². The Hall–Kier alpha value is -1.21. The predicted molar refractivity (Wildman–Crippen MR) is 87.6 cm³/mol. The molecule has 0 aliphatic heterocycles. The van der Waals surface area contributed by atoms with Crippen LogP contribution in [0.4, 0.5) is 8.78 Å². The van der Waals surface area contributed by atoms with Crippen LogP contribution >= 0.6 is 22.6 Å². The second kappa shape index (κ2) is 7.17. The largest absolute Gasteiger partial charge is 0.451 e. The maximum Gasteiger partial charge on any atom is 0.198 e. The summed E-state index contributed by atoms with van der Waals surface area (Å²) in [7, 11) is 0. The highest BCUT2D eigenvalue weighted by Crippen LogP contribution is 2.29. The van der Waals surface area contributed by atoms with Crippen LogP contribution in [-0.4, -0.2) is 6.04 Å². The van der Waals surface area contributed by atoms with E-state index in [4.69, 9.17) is 10.5 Å². The molecule has 0 spiro atoms. The summed E-state index contributed by atoms with van der Waals surface area (Å²) in [4.78, 5) is 0. The zero-order valence-corrected chi connectivity index (χ0v) is 13.7. The Morgan fingerprint density at radius 1 is 1.14 bits per heavy atom. The van der Waals surface area contributed by atoms with E-state index in [1.165, 1.54) is 12.1 Å². The molecule has 0 aromatic heterocycles. The van der Waals surface area contributed by atoms with Crippen molar-refractivity contribution in [2.24, 2.45) is 5.73 Å². The SMILES string of the molecule is CCC(N)Cc1cc(F)c(Oc2ccc(I)cc2)c(F)c1. The predicted octanol–water partition coefficient (Wildman–Crippen LogP) is 4.64. The molecule has 0 saturated carbocycles. The molecule has 21 heavy (non-hydrogen) atoms. The van der Waals surface area contributed by atoms with Crippen LogP contribution in [0.1, 0.15) is 18.9 Å². The van der Waals surface area contributed by atoms with Gasteiger partial charge in [0.15, 0.2) is 17.4 Å². The number of benzene rings is 2. The van der Waals surface area contributed by atoms with Crippen LogP contribution in [0.5, 0.6) is 11.5 Å². The second-order valence-electron chi connectivity index (χ2n) is 4.82. The van der Waals surface area contributed by atoms with Crippen LogP contribution < -0.4 is 10.5 Å². The minimum Gasteiger partial charge on any atom is -0.451 e. The smallest absolute Gasteiger partial charge is 0.198 e. The van der Waals surface area contributed by atoms with E-state index in [1.807, 2.05) is 6.92 Å². The summed E-state index contributed by atoms with van der Waals surface area (Å²) in [6, 6.07) is 9.40. The monoisotopic (exact) mass is 403 g/mol. The Balaban J connectivity index is 2.22. The molecule has 0 saturated heterocycles. The van der Waals surface area contributed by atoms with Gasteiger partial charge < -0.3 is 10.5 Å². The highest BCUT2D eigenvalue weighted by molar-refractivity contribution is 14.1. The van der Waals surface area contributed by atoms with Gasteiger partial charge in [0.25, 0.3) is 0 Å². The number of hydrogen-bond donors (Lipinski definition) is 1. The van der Waals surface area contributed by atoms with Gasteiger partial charge in [-0.15, -0.1) is 0 Å². The zero-order chi connectivity index (χ0) is 15.4. The van der Waals surface area contributed by atoms with Crippen molar-refractivity contribution < 1.29 is 13.5 Å². The fraction of sp³-hybridized carbons (Fsp3) is 0.250. The summed E-state index contributed by atoms with van der Waals surface area (Å²) in [6.45, 7) is 1.94. The van der Waals surface area contributed by atoms with Crippen molar-refractivity contribution in [1.29, 1.82) is 0 Å². The van der Waals surface area contributed by atoms with Gasteiger partial charge in [0.1, 0.15) is 5.75 Å². The Kier molecular flexibility index (Phi) is 5.52. The lowest BCUT2D eigenvalue weighted by molar-refractivity contribution is 0.406. The minimum atomic E-state index is -0.716. The minimum absolute atomic E-state index is 0.105. The summed E-state index contributed by atoms with van der Waals surface area (Å²) in [6.07, 6.45) is 1.19. The Morgan fingerprint density at radius 3 is 2.24 bits per heavy atom. The van der Waals surface area contributed by atoms with Crippen molar-refractivity contribution in [3.05, 3.63) is 57.2 Å². The summed E-state index contributed by atoms with van der Waals surface area (Å²) in [5.41, 5.74) is 6.34. The number of halogens is 3. The molecule has 0 bridgehead atoms. The van der Waals surface area contributed by atoms with Gasteiger partial charge in [-0.25, -0.2) is 8.78 Å². The molecule has 5 heteroatoms. The van der Waals surface area contributed by atoms with Gasteiger partial charge in [-0.1, -0.05) is 6.92 Å². The van der Waals surface area contributed by atoms with E-state index >= 15 is 0 Å². The van der Waals surface area contributed by atoms with Crippen LogP contribution in [0.25, 0.3) is 0 Å². The van der Waals surface area contributed by atoms with Gasteiger partial charge in [0, 0.05) is 9.61 Å². The van der Waals surface area contributed by atoms with Crippen LogP contribution in [0.15, 0.2) is 36.4 Å². The van der Waals surface area contributed by atoms with E-state index in [-0.39, 0.29) is 11.8 Å². The van der Waals surface area contributed by atoms with E-state index < -0.39 is 11.6 Å². The maximum atomic E-state index is 14.0. The molecule has 0 aliphatic rings. The molecule has 0 heterocycles. The second-order valence-corrected chi connectivity index (χ2v) is 6.06. The summed E-state index contributed by atoms with van der Waals surface area (Å²) in [5, 5.41) is 0. The van der Waals surface area contributed by atoms with Crippen molar-refractivity contribution in [3.8, 4) is 11.5 Å². The molecular weight excluding hydrogens is 387 g/mol. The third-order valence-corrected chi connectivity index (χ3v) is 3.83. The van der Waals surface area contributed by atoms with Crippen LogP contribution in [0.2, 0.25) is 0 Å². The molecule has 112 valence electrons. The highest BCUT2D eigenvalue weighted by Gasteiger charge is 2.15. The third-order valence-electron chi connectivity index (χ3n) is 3.11. The highest BCUT2D eigenvalue weighted by atomic mass is 127. The molecule has 1 atom stereocenters. The molecule has 2 N–H and O–H groups in total. The maximum absolute atomic E-state index is 14.0. The first-order valence-electron chi connectivity index (χ1n) is 6.66. The third kappa shape index (κ3) is 4.38. The summed E-state index contributed by atoms with van der Waals surface area (Å²) < 4.78 is 34.4. The van der Waals surface area contributed by atoms with Gasteiger partial charge in [-0.05, 0) is 77.4 Å². The number of rotatable bonds is 5. The van der Waals surface area contributed by atoms with Gasteiger partial charge in [0.2, 0.25) is 0 Å². The first-order valence-corrected chi connectivity index (χ1v) is 7.74. The molecular formula is C16H16F2INO. The average Bonchev–Trinajstić information content (AvgIpc) is 2.44. The fourth-order valence-electron chi connectivity index (χ4n) is 1.90. The lowest BCUT2D eigenvalue weighted by Gasteiger charge is -2.12. The van der Waals surface area contributed by atoms with Gasteiger partial charge in [-0.2, -0.15) is 0 Å². The lowest BCUT2D eigenvalue weighted by Crippen LogP contribution is -2.21. The van der Waals surface area contributed by atoms with Crippen molar-refractivity contribution >= 4 is 22.6 Å². The molecule has 2 aromatic rings. The number of ether oxygens (including phenoxy) is 1. The standard InChI is InChI=1S/C16H16F2INO/c1-2-12(20)7-10-8-14(17)16(15(18)9-10)21-13-5-3-11(19)4-6-13/h3-6,8-9,12H,2,7,20H2,1H3. The quantitative estimate of drug-likeness (QED) is 0.739. The summed E-state index contributed by atoms with van der Waals surface area (Å²) >= 11 is 2.14. The van der Waals surface area contributed by atoms with Gasteiger partial charge in [0.05, 0.1) is 0 Å². The molecule has 0 fully saturated rings. The molecule has 0 aliphatic carbocycles. The van der Waals surface area contributed by atoms with Crippen molar-refractivity contribution in [1.82, 2.24) is 0 Å².